The molecule has 0 heterocycles. The molecule has 0 aromatic heterocycles. The lowest BCUT2D eigenvalue weighted by Crippen LogP contribution is -2.17. The van der Waals surface area contributed by atoms with Gasteiger partial charge in [0.2, 0.25) is 0 Å². The van der Waals surface area contributed by atoms with Crippen molar-refractivity contribution in [3.8, 4) is 0 Å². The summed E-state index contributed by atoms with van der Waals surface area (Å²) in [7, 11) is 0. The average Bonchev–Trinajstić information content (AvgIpc) is 2.83. The number of hydrogen-bond donors (Lipinski definition) is 0. The van der Waals surface area contributed by atoms with E-state index >= 15 is 0 Å². The van der Waals surface area contributed by atoms with Gasteiger partial charge in [0.15, 0.2) is 0 Å². The van der Waals surface area contributed by atoms with Crippen LogP contribution in [0.4, 0.5) is 11.4 Å². The molecule has 0 amide bonds. The Morgan fingerprint density at radius 2 is 1.27 bits per heavy atom. The zero-order chi connectivity index (χ0) is 15.7. The van der Waals surface area contributed by atoms with Gasteiger partial charge >= 0.3 is 0 Å². The molecule has 0 saturated heterocycles. The highest BCUT2D eigenvalue weighted by Crippen LogP contribution is 2.40. The van der Waals surface area contributed by atoms with Crippen molar-refractivity contribution in [2.24, 2.45) is 0 Å². The number of rotatable bonds is 3. The largest absolute Gasteiger partial charge is 0.310 e. The van der Waals surface area contributed by atoms with Crippen molar-refractivity contribution in [3.63, 3.8) is 0 Å². The normalized spacial score (nSPS) is 14.6. The molecule has 1 aliphatic carbocycles. The number of allylic oxidation sites excluding steroid dienone is 2. The van der Waals surface area contributed by atoms with Gasteiger partial charge < -0.3 is 4.90 Å². The van der Waals surface area contributed by atoms with Gasteiger partial charge in [0.1, 0.15) is 0 Å². The van der Waals surface area contributed by atoms with E-state index in [2.05, 4.69) is 98.8 Å². The van der Waals surface area contributed by atoms with E-state index in [0.717, 1.165) is 33.2 Å². The third-order valence-corrected chi connectivity index (χ3v) is 4.99. The maximum Gasteiger partial charge on any atom is 0.0477 e. The molecule has 1 nitrogen and oxygen atoms in total. The average molecular weight is 419 g/mol. The minimum absolute atomic E-state index is 1.05. The molecule has 0 saturated carbocycles. The third-order valence-electron chi connectivity index (χ3n) is 3.93. The Morgan fingerprint density at radius 1 is 0.818 bits per heavy atom. The summed E-state index contributed by atoms with van der Waals surface area (Å²) >= 11 is 7.03. The van der Waals surface area contributed by atoms with Crippen LogP contribution in [0.25, 0.3) is 0 Å². The summed E-state index contributed by atoms with van der Waals surface area (Å²) < 4.78 is 2.17. The predicted octanol–water partition coefficient (Wildman–Crippen LogP) is 6.97. The Morgan fingerprint density at radius 3 is 1.64 bits per heavy atom. The van der Waals surface area contributed by atoms with E-state index in [-0.39, 0.29) is 0 Å². The molecule has 0 bridgehead atoms. The third kappa shape index (κ3) is 3.06. The van der Waals surface area contributed by atoms with Crippen molar-refractivity contribution < 1.29 is 0 Å². The molecule has 0 spiro atoms. The van der Waals surface area contributed by atoms with Crippen molar-refractivity contribution >= 4 is 43.2 Å². The van der Waals surface area contributed by atoms with E-state index < -0.39 is 0 Å². The van der Waals surface area contributed by atoms with E-state index in [1.807, 2.05) is 0 Å². The molecule has 3 rings (SSSR count). The number of hydrogen-bond acceptors (Lipinski definition) is 1. The van der Waals surface area contributed by atoms with Gasteiger partial charge in [0, 0.05) is 26.0 Å². The van der Waals surface area contributed by atoms with Gasteiger partial charge in [-0.1, -0.05) is 38.4 Å². The van der Waals surface area contributed by atoms with E-state index in [4.69, 9.17) is 0 Å². The SMILES string of the molecule is C=C1CCC(C)=C1N(c1ccc(Br)cc1)c1ccc(Br)cc1. The molecule has 2 aromatic carbocycles. The molecule has 0 atom stereocenters. The van der Waals surface area contributed by atoms with Crippen molar-refractivity contribution in [2.45, 2.75) is 19.8 Å². The van der Waals surface area contributed by atoms with E-state index in [9.17, 15) is 0 Å². The van der Waals surface area contributed by atoms with E-state index in [0.29, 0.717) is 0 Å². The lowest BCUT2D eigenvalue weighted by Gasteiger charge is -2.28. The second-order valence-corrected chi connectivity index (χ2v) is 7.35. The van der Waals surface area contributed by atoms with Crippen LogP contribution < -0.4 is 4.90 Å². The molecule has 0 aliphatic heterocycles. The minimum atomic E-state index is 1.05. The fraction of sp³-hybridized carbons (Fsp3) is 0.158. The molecular weight excluding hydrogens is 402 g/mol. The second-order valence-electron chi connectivity index (χ2n) is 5.52. The summed E-state index contributed by atoms with van der Waals surface area (Å²) in [5, 5.41) is 0. The lowest BCUT2D eigenvalue weighted by atomic mass is 10.1. The number of benzene rings is 2. The molecule has 22 heavy (non-hydrogen) atoms. The number of nitrogens with zero attached hydrogens (tertiary/aromatic N) is 1. The predicted molar refractivity (Wildman–Crippen MR) is 101 cm³/mol. The second kappa shape index (κ2) is 6.43. The molecule has 2 aromatic rings. The van der Waals surface area contributed by atoms with Crippen LogP contribution in [0.5, 0.6) is 0 Å². The maximum absolute atomic E-state index is 4.27. The van der Waals surface area contributed by atoms with Gasteiger partial charge in [-0.3, -0.25) is 0 Å². The maximum atomic E-state index is 4.27. The Labute approximate surface area is 148 Å². The van der Waals surface area contributed by atoms with E-state index in [1.54, 1.807) is 0 Å². The van der Waals surface area contributed by atoms with Gasteiger partial charge in [-0.25, -0.2) is 0 Å². The zero-order valence-corrected chi connectivity index (χ0v) is 15.6. The Bertz CT molecular complexity index is 682. The fourth-order valence-electron chi connectivity index (χ4n) is 2.81. The molecule has 0 N–H and O–H groups in total. The standard InChI is InChI=1S/C19H17Br2N/c1-13-3-4-14(2)19(13)22(17-9-5-15(20)6-10-17)18-11-7-16(21)8-12-18/h5-12H,1,3-4H2,2H3. The monoisotopic (exact) mass is 417 g/mol. The highest BCUT2D eigenvalue weighted by atomic mass is 79.9. The summed E-state index contributed by atoms with van der Waals surface area (Å²) in [4.78, 5) is 2.31. The summed E-state index contributed by atoms with van der Waals surface area (Å²) in [6.07, 6.45) is 2.14. The molecule has 0 radical (unpaired) electrons. The fourth-order valence-corrected chi connectivity index (χ4v) is 3.34. The van der Waals surface area contributed by atoms with E-state index in [1.165, 1.54) is 16.8 Å². The first-order valence-corrected chi connectivity index (χ1v) is 8.84. The Hall–Kier alpha value is -1.32. The van der Waals surface area contributed by atoms with Gasteiger partial charge in [-0.05, 0) is 79.4 Å². The van der Waals surface area contributed by atoms with Crippen LogP contribution in [-0.4, -0.2) is 0 Å². The first-order valence-electron chi connectivity index (χ1n) is 7.25. The smallest absolute Gasteiger partial charge is 0.0477 e. The quantitative estimate of drug-likeness (QED) is 0.519. The molecule has 112 valence electrons. The first kappa shape index (κ1) is 15.6. The lowest BCUT2D eigenvalue weighted by molar-refractivity contribution is 1.01. The van der Waals surface area contributed by atoms with Crippen LogP contribution in [0, 0.1) is 0 Å². The first-order chi connectivity index (χ1) is 10.6. The van der Waals surface area contributed by atoms with Crippen LogP contribution in [-0.2, 0) is 0 Å². The minimum Gasteiger partial charge on any atom is -0.310 e. The molecular formula is C19H17Br2N. The van der Waals surface area contributed by atoms with Crippen LogP contribution in [0.1, 0.15) is 19.8 Å². The van der Waals surface area contributed by atoms with Crippen LogP contribution in [0.3, 0.4) is 0 Å². The van der Waals surface area contributed by atoms with Crippen molar-refractivity contribution in [3.05, 3.63) is 80.9 Å². The highest BCUT2D eigenvalue weighted by Gasteiger charge is 2.23. The van der Waals surface area contributed by atoms with Gasteiger partial charge in [0.25, 0.3) is 0 Å². The topological polar surface area (TPSA) is 3.24 Å². The molecule has 3 heteroatoms. The van der Waals surface area contributed by atoms with Crippen LogP contribution in [0.2, 0.25) is 0 Å². The van der Waals surface area contributed by atoms with Gasteiger partial charge in [-0.15, -0.1) is 0 Å². The number of anilines is 2. The van der Waals surface area contributed by atoms with Crippen LogP contribution in [0.15, 0.2) is 80.9 Å². The van der Waals surface area contributed by atoms with Gasteiger partial charge in [-0.2, -0.15) is 0 Å². The van der Waals surface area contributed by atoms with Crippen molar-refractivity contribution in [1.29, 1.82) is 0 Å². The summed E-state index contributed by atoms with van der Waals surface area (Å²) in [6.45, 7) is 6.48. The molecule has 0 unspecified atom stereocenters. The molecule has 0 fully saturated rings. The van der Waals surface area contributed by atoms with Crippen LogP contribution >= 0.6 is 31.9 Å². The van der Waals surface area contributed by atoms with Crippen molar-refractivity contribution in [2.75, 3.05) is 4.90 Å². The zero-order valence-electron chi connectivity index (χ0n) is 12.4. The molecule has 1 aliphatic rings. The summed E-state index contributed by atoms with van der Waals surface area (Å²) in [6, 6.07) is 16.9. The number of halogens is 2. The van der Waals surface area contributed by atoms with Gasteiger partial charge in [0.05, 0.1) is 0 Å². The summed E-state index contributed by atoms with van der Waals surface area (Å²) in [5.41, 5.74) is 6.18. The Kier molecular flexibility index (Phi) is 4.55. The van der Waals surface area contributed by atoms with Crippen molar-refractivity contribution in [1.82, 2.24) is 0 Å². The highest BCUT2D eigenvalue weighted by molar-refractivity contribution is 9.10. The Balaban J connectivity index is 2.14. The summed E-state index contributed by atoms with van der Waals surface area (Å²) in [5.74, 6) is 0.